The zero-order valence-electron chi connectivity index (χ0n) is 19.0. The molecule has 1 unspecified atom stereocenters. The fourth-order valence-corrected chi connectivity index (χ4v) is 3.28. The highest BCUT2D eigenvalue weighted by Gasteiger charge is 2.35. The topological polar surface area (TPSA) is 128 Å². The second-order valence-electron chi connectivity index (χ2n) is 8.65. The highest BCUT2D eigenvalue weighted by molar-refractivity contribution is 5.91. The van der Waals surface area contributed by atoms with Crippen molar-refractivity contribution in [3.05, 3.63) is 57.8 Å². The van der Waals surface area contributed by atoms with E-state index in [1.807, 2.05) is 30.3 Å². The third kappa shape index (κ3) is 5.57. The lowest BCUT2D eigenvalue weighted by atomic mass is 9.97. The van der Waals surface area contributed by atoms with Gasteiger partial charge in [0.2, 0.25) is 5.75 Å². The van der Waals surface area contributed by atoms with Gasteiger partial charge in [0.1, 0.15) is 12.4 Å². The van der Waals surface area contributed by atoms with E-state index in [2.05, 4.69) is 9.97 Å². The van der Waals surface area contributed by atoms with Crippen molar-refractivity contribution in [1.29, 1.82) is 0 Å². The van der Waals surface area contributed by atoms with Crippen LogP contribution in [0.1, 0.15) is 61.5 Å². The number of hydrogen-bond donors (Lipinski definition) is 1. The van der Waals surface area contributed by atoms with Crippen molar-refractivity contribution in [3.63, 3.8) is 0 Å². The van der Waals surface area contributed by atoms with Crippen LogP contribution in [0.4, 0.5) is 4.79 Å². The van der Waals surface area contributed by atoms with Gasteiger partial charge in [-0.05, 0) is 39.2 Å². The predicted molar refractivity (Wildman–Crippen MR) is 117 cm³/mol. The maximum absolute atomic E-state index is 12.8. The molecule has 0 spiro atoms. The molecular weight excluding hydrogens is 430 g/mol. The first-order valence-electron chi connectivity index (χ1n) is 10.5. The first-order chi connectivity index (χ1) is 15.6. The fraction of sp³-hybridized carbons (Fsp3) is 0.435. The van der Waals surface area contributed by atoms with Crippen LogP contribution in [0.15, 0.2) is 35.1 Å². The van der Waals surface area contributed by atoms with Crippen molar-refractivity contribution >= 4 is 18.0 Å². The monoisotopic (exact) mass is 457 g/mol. The molecule has 2 aromatic rings. The molecule has 33 heavy (non-hydrogen) atoms. The Labute approximate surface area is 190 Å². The number of nitrogens with zero attached hydrogens (tertiary/aromatic N) is 2. The molecule has 0 bridgehead atoms. The van der Waals surface area contributed by atoms with E-state index >= 15 is 0 Å². The second kappa shape index (κ2) is 9.85. The molecule has 0 saturated carbocycles. The summed E-state index contributed by atoms with van der Waals surface area (Å²) in [6, 6.07) is 8.63. The molecule has 10 heteroatoms. The average molecular weight is 457 g/mol. The molecule has 1 aliphatic rings. The van der Waals surface area contributed by atoms with Crippen molar-refractivity contribution in [1.82, 2.24) is 14.9 Å². The van der Waals surface area contributed by atoms with E-state index in [1.165, 1.54) is 4.90 Å². The molecule has 2 heterocycles. The summed E-state index contributed by atoms with van der Waals surface area (Å²) in [5.74, 6) is -2.10. The summed E-state index contributed by atoms with van der Waals surface area (Å²) in [6.07, 6.45) is 0.598. The van der Waals surface area contributed by atoms with Crippen LogP contribution in [0.3, 0.4) is 0 Å². The maximum atomic E-state index is 12.8. The number of aromatic nitrogens is 2. The third-order valence-electron chi connectivity index (χ3n) is 5.09. The molecule has 1 aliphatic heterocycles. The van der Waals surface area contributed by atoms with Gasteiger partial charge in [0.25, 0.3) is 5.56 Å². The van der Waals surface area contributed by atoms with Crippen LogP contribution in [0.25, 0.3) is 0 Å². The molecule has 1 N–H and O–H groups in total. The van der Waals surface area contributed by atoms with Crippen molar-refractivity contribution in [3.8, 4) is 5.75 Å². The number of hydrogen-bond acceptors (Lipinski definition) is 8. The number of H-pyrrole nitrogens is 1. The van der Waals surface area contributed by atoms with Gasteiger partial charge in [0.15, 0.2) is 5.69 Å². The number of benzene rings is 1. The Morgan fingerprint density at radius 2 is 1.88 bits per heavy atom. The number of methoxy groups -OCH3 is 1. The normalized spacial score (nSPS) is 15.8. The van der Waals surface area contributed by atoms with Gasteiger partial charge in [0, 0.05) is 6.54 Å². The SMILES string of the molecule is COC(=O)c1nc(C2CCCN2C(=O)OCc2ccccc2)[nH]c(=O)c1OC(=O)C(C)(C)C. The van der Waals surface area contributed by atoms with Crippen LogP contribution >= 0.6 is 0 Å². The van der Waals surface area contributed by atoms with Gasteiger partial charge in [-0.1, -0.05) is 30.3 Å². The van der Waals surface area contributed by atoms with Gasteiger partial charge in [-0.2, -0.15) is 0 Å². The Hall–Kier alpha value is -3.69. The van der Waals surface area contributed by atoms with Gasteiger partial charge in [0.05, 0.1) is 18.6 Å². The Morgan fingerprint density at radius 1 is 1.18 bits per heavy atom. The summed E-state index contributed by atoms with van der Waals surface area (Å²) in [7, 11) is 1.13. The standard InChI is InChI=1S/C23H27N3O7/c1-23(2,3)21(29)33-17-16(20(28)31-4)24-18(25-19(17)27)15-11-8-12-26(15)22(30)32-13-14-9-6-5-7-10-14/h5-7,9-10,15H,8,11-13H2,1-4H3,(H,24,25,27). The molecule has 1 saturated heterocycles. The molecule has 1 fully saturated rings. The molecule has 1 atom stereocenters. The number of rotatable bonds is 5. The van der Waals surface area contributed by atoms with E-state index in [0.717, 1.165) is 12.7 Å². The Bertz CT molecular complexity index is 1090. The Morgan fingerprint density at radius 3 is 2.52 bits per heavy atom. The van der Waals surface area contributed by atoms with E-state index in [1.54, 1.807) is 20.8 Å². The van der Waals surface area contributed by atoms with Crippen LogP contribution in [-0.2, 0) is 20.9 Å². The molecule has 1 amide bonds. The Balaban J connectivity index is 1.87. The summed E-state index contributed by atoms with van der Waals surface area (Å²) >= 11 is 0. The zero-order valence-corrected chi connectivity index (χ0v) is 19.0. The lowest BCUT2D eigenvalue weighted by Crippen LogP contribution is -2.34. The number of ether oxygens (including phenoxy) is 3. The lowest BCUT2D eigenvalue weighted by Gasteiger charge is -2.24. The van der Waals surface area contributed by atoms with Crippen molar-refractivity contribution in [2.45, 2.75) is 46.3 Å². The number of amides is 1. The number of esters is 2. The van der Waals surface area contributed by atoms with Crippen LogP contribution in [-0.4, -0.2) is 46.6 Å². The summed E-state index contributed by atoms with van der Waals surface area (Å²) in [5, 5.41) is 0. The molecular formula is C23H27N3O7. The highest BCUT2D eigenvalue weighted by atomic mass is 16.6. The summed E-state index contributed by atoms with van der Waals surface area (Å²) in [6.45, 7) is 5.33. The number of carbonyl (C=O) groups excluding carboxylic acids is 3. The molecule has 1 aromatic heterocycles. The highest BCUT2D eigenvalue weighted by Crippen LogP contribution is 2.31. The van der Waals surface area contributed by atoms with Gasteiger partial charge in [-0.25, -0.2) is 14.6 Å². The third-order valence-corrected chi connectivity index (χ3v) is 5.09. The zero-order chi connectivity index (χ0) is 24.2. The minimum Gasteiger partial charge on any atom is -0.464 e. The van der Waals surface area contributed by atoms with Gasteiger partial charge in [-0.3, -0.25) is 14.5 Å². The summed E-state index contributed by atoms with van der Waals surface area (Å²) in [5.41, 5.74) is -1.32. The van der Waals surface area contributed by atoms with E-state index < -0.39 is 46.5 Å². The van der Waals surface area contributed by atoms with E-state index in [0.29, 0.717) is 19.4 Å². The van der Waals surface area contributed by atoms with E-state index in [4.69, 9.17) is 14.2 Å². The minimum atomic E-state index is -0.935. The molecule has 176 valence electrons. The fourth-order valence-electron chi connectivity index (χ4n) is 3.28. The van der Waals surface area contributed by atoms with Crippen LogP contribution in [0.2, 0.25) is 0 Å². The van der Waals surface area contributed by atoms with Crippen molar-refractivity contribution < 1.29 is 28.6 Å². The molecule has 3 rings (SSSR count). The van der Waals surface area contributed by atoms with Crippen LogP contribution in [0, 0.1) is 5.41 Å². The average Bonchev–Trinajstić information content (AvgIpc) is 3.28. The maximum Gasteiger partial charge on any atom is 0.410 e. The first-order valence-corrected chi connectivity index (χ1v) is 10.5. The van der Waals surface area contributed by atoms with E-state index in [-0.39, 0.29) is 12.4 Å². The van der Waals surface area contributed by atoms with Crippen molar-refractivity contribution in [2.75, 3.05) is 13.7 Å². The number of aromatic amines is 1. The molecule has 10 nitrogen and oxygen atoms in total. The Kier molecular flexibility index (Phi) is 7.15. The largest absolute Gasteiger partial charge is 0.464 e. The van der Waals surface area contributed by atoms with Gasteiger partial charge in [-0.15, -0.1) is 0 Å². The predicted octanol–water partition coefficient (Wildman–Crippen LogP) is 2.98. The van der Waals surface area contributed by atoms with Crippen molar-refractivity contribution in [2.24, 2.45) is 5.41 Å². The van der Waals surface area contributed by atoms with Gasteiger partial charge < -0.3 is 19.2 Å². The number of likely N-dealkylation sites (tertiary alicyclic amines) is 1. The molecule has 1 aromatic carbocycles. The smallest absolute Gasteiger partial charge is 0.410 e. The number of carbonyl (C=O) groups is 3. The summed E-state index contributed by atoms with van der Waals surface area (Å²) < 4.78 is 15.3. The lowest BCUT2D eigenvalue weighted by molar-refractivity contribution is -0.143. The molecule has 0 aliphatic carbocycles. The second-order valence-corrected chi connectivity index (χ2v) is 8.65. The minimum absolute atomic E-state index is 0.0881. The van der Waals surface area contributed by atoms with Crippen LogP contribution in [0.5, 0.6) is 5.75 Å². The van der Waals surface area contributed by atoms with Gasteiger partial charge >= 0.3 is 18.0 Å². The summed E-state index contributed by atoms with van der Waals surface area (Å²) in [4.78, 5) is 58.3. The van der Waals surface area contributed by atoms with Crippen LogP contribution < -0.4 is 10.3 Å². The first kappa shape index (κ1) is 24.0. The molecule has 0 radical (unpaired) electrons. The quantitative estimate of drug-likeness (QED) is 0.679. The van der Waals surface area contributed by atoms with E-state index in [9.17, 15) is 19.2 Å². The number of nitrogens with one attached hydrogen (secondary N) is 1.